The summed E-state index contributed by atoms with van der Waals surface area (Å²) < 4.78 is 24.9. The number of carbonyl (C=O) groups is 2. The van der Waals surface area contributed by atoms with E-state index in [1.807, 2.05) is 36.4 Å². The summed E-state index contributed by atoms with van der Waals surface area (Å²) in [6, 6.07) is 22.0. The Labute approximate surface area is 244 Å². The highest BCUT2D eigenvalue weighted by molar-refractivity contribution is 6.34. The van der Waals surface area contributed by atoms with Crippen molar-refractivity contribution in [1.82, 2.24) is 4.90 Å². The molecule has 2 amide bonds. The SMILES string of the molecule is O=C1c2ccccc2C(=O)N1c1cccc([C@@H]2O[C@H](CN3CCC4(CC3)OCCO4)C[C@H](c3ccc(CO)cc3)O2)c1. The first-order valence-electron chi connectivity index (χ1n) is 14.6. The van der Waals surface area contributed by atoms with Crippen LogP contribution in [0.4, 0.5) is 5.69 Å². The largest absolute Gasteiger partial charge is 0.392 e. The molecule has 3 aromatic rings. The maximum atomic E-state index is 13.2. The molecule has 4 aliphatic rings. The Morgan fingerprint density at radius 2 is 1.50 bits per heavy atom. The Morgan fingerprint density at radius 3 is 2.17 bits per heavy atom. The molecule has 0 unspecified atom stereocenters. The number of fused-ring (bicyclic) bond motifs is 1. The zero-order valence-corrected chi connectivity index (χ0v) is 23.3. The molecule has 9 nitrogen and oxygen atoms in total. The highest BCUT2D eigenvalue weighted by Crippen LogP contribution is 2.40. The maximum absolute atomic E-state index is 13.2. The van der Waals surface area contributed by atoms with E-state index in [2.05, 4.69) is 4.90 Å². The van der Waals surface area contributed by atoms with Crippen LogP contribution < -0.4 is 4.90 Å². The molecule has 0 aromatic heterocycles. The molecule has 1 N–H and O–H groups in total. The number of benzene rings is 3. The lowest BCUT2D eigenvalue weighted by Crippen LogP contribution is -2.48. The molecule has 3 aromatic carbocycles. The minimum Gasteiger partial charge on any atom is -0.392 e. The number of hydrogen-bond acceptors (Lipinski definition) is 8. The van der Waals surface area contributed by atoms with E-state index in [1.165, 1.54) is 4.90 Å². The van der Waals surface area contributed by atoms with Gasteiger partial charge in [0.15, 0.2) is 12.1 Å². The van der Waals surface area contributed by atoms with Crippen molar-refractivity contribution in [3.63, 3.8) is 0 Å². The molecule has 3 atom stereocenters. The van der Waals surface area contributed by atoms with Crippen LogP contribution in [0, 0.1) is 0 Å². The summed E-state index contributed by atoms with van der Waals surface area (Å²) in [6.07, 6.45) is 1.28. The molecule has 9 heteroatoms. The van der Waals surface area contributed by atoms with Crippen molar-refractivity contribution in [2.75, 3.05) is 37.7 Å². The summed E-state index contributed by atoms with van der Waals surface area (Å²) in [4.78, 5) is 29.9. The number of imide groups is 1. The fourth-order valence-corrected chi connectivity index (χ4v) is 6.42. The van der Waals surface area contributed by atoms with Crippen molar-refractivity contribution < 1.29 is 33.6 Å². The minimum atomic E-state index is -0.695. The van der Waals surface area contributed by atoms with Gasteiger partial charge in [0, 0.05) is 44.5 Å². The van der Waals surface area contributed by atoms with Crippen LogP contribution in [0.3, 0.4) is 0 Å². The van der Waals surface area contributed by atoms with Crippen molar-refractivity contribution in [2.45, 2.75) is 50.2 Å². The Bertz CT molecular complexity index is 1420. The first-order chi connectivity index (χ1) is 20.5. The van der Waals surface area contributed by atoms with E-state index >= 15 is 0 Å². The van der Waals surface area contributed by atoms with Crippen LogP contribution in [0.25, 0.3) is 0 Å². The standard InChI is InChI=1S/C33H34N2O7/c36-21-22-8-10-23(11-9-22)29-19-26(20-34-14-12-33(13-15-34)39-16-17-40-33)41-32(42-29)24-4-3-5-25(18-24)35-30(37)27-6-1-2-7-28(27)31(35)38/h1-11,18,26,29,32,36H,12-17,19-21H2/t26-,29+,32+/m0/s1. The van der Waals surface area contributed by atoms with E-state index in [1.54, 1.807) is 36.4 Å². The molecule has 0 bridgehead atoms. The van der Waals surface area contributed by atoms with Crippen LogP contribution in [0.2, 0.25) is 0 Å². The number of nitrogens with zero attached hydrogens (tertiary/aromatic N) is 2. The van der Waals surface area contributed by atoms with Gasteiger partial charge in [-0.25, -0.2) is 4.90 Å². The summed E-state index contributed by atoms with van der Waals surface area (Å²) in [7, 11) is 0. The third-order valence-electron chi connectivity index (χ3n) is 8.70. The van der Waals surface area contributed by atoms with E-state index in [9.17, 15) is 14.7 Å². The summed E-state index contributed by atoms with van der Waals surface area (Å²) in [5.41, 5.74) is 3.87. The molecule has 0 aliphatic carbocycles. The van der Waals surface area contributed by atoms with Gasteiger partial charge in [0.2, 0.25) is 0 Å². The summed E-state index contributed by atoms with van der Waals surface area (Å²) in [5, 5.41) is 9.51. The van der Waals surface area contributed by atoms with Crippen LogP contribution in [0.15, 0.2) is 72.8 Å². The van der Waals surface area contributed by atoms with Gasteiger partial charge in [0.05, 0.1) is 48.8 Å². The quantitative estimate of drug-likeness (QED) is 0.437. The van der Waals surface area contributed by atoms with Crippen LogP contribution in [-0.2, 0) is 25.6 Å². The smallest absolute Gasteiger partial charge is 0.266 e. The lowest BCUT2D eigenvalue weighted by molar-refractivity contribution is -0.255. The van der Waals surface area contributed by atoms with Crippen molar-refractivity contribution in [2.24, 2.45) is 0 Å². The third kappa shape index (κ3) is 5.17. The van der Waals surface area contributed by atoms with Gasteiger partial charge < -0.3 is 29.0 Å². The predicted molar refractivity (Wildman–Crippen MR) is 153 cm³/mol. The van der Waals surface area contributed by atoms with Gasteiger partial charge in [0.1, 0.15) is 0 Å². The van der Waals surface area contributed by atoms with Gasteiger partial charge >= 0.3 is 0 Å². The fourth-order valence-electron chi connectivity index (χ4n) is 6.42. The number of ether oxygens (including phenoxy) is 4. The minimum absolute atomic E-state index is 0.0192. The van der Waals surface area contributed by atoms with Crippen molar-refractivity contribution in [1.29, 1.82) is 0 Å². The number of hydrogen-bond donors (Lipinski definition) is 1. The second-order valence-corrected chi connectivity index (χ2v) is 11.3. The van der Waals surface area contributed by atoms with E-state index < -0.39 is 12.1 Å². The first-order valence-corrected chi connectivity index (χ1v) is 14.6. The number of rotatable bonds is 6. The van der Waals surface area contributed by atoms with Crippen molar-refractivity contribution >= 4 is 17.5 Å². The molecule has 4 aliphatic heterocycles. The average molecular weight is 571 g/mol. The lowest BCUT2D eigenvalue weighted by atomic mass is 9.98. The summed E-state index contributed by atoms with van der Waals surface area (Å²) >= 11 is 0. The molecule has 4 heterocycles. The number of aliphatic hydroxyl groups is 1. The number of likely N-dealkylation sites (tertiary alicyclic amines) is 1. The molecule has 3 fully saturated rings. The van der Waals surface area contributed by atoms with Crippen molar-refractivity contribution in [3.05, 3.63) is 101 Å². The van der Waals surface area contributed by atoms with Gasteiger partial charge in [0.25, 0.3) is 11.8 Å². The lowest BCUT2D eigenvalue weighted by Gasteiger charge is -2.42. The highest BCUT2D eigenvalue weighted by Gasteiger charge is 2.41. The molecule has 218 valence electrons. The number of amides is 2. The Hall–Kier alpha value is -3.44. The zero-order valence-electron chi connectivity index (χ0n) is 23.3. The molecular formula is C33H34N2O7. The molecule has 3 saturated heterocycles. The van der Waals surface area contributed by atoms with Gasteiger partial charge in [-0.2, -0.15) is 0 Å². The maximum Gasteiger partial charge on any atom is 0.266 e. The van der Waals surface area contributed by atoms with Crippen LogP contribution in [-0.4, -0.2) is 66.6 Å². The Morgan fingerprint density at radius 1 is 0.810 bits per heavy atom. The van der Waals surface area contributed by atoms with E-state index in [0.29, 0.717) is 36.4 Å². The van der Waals surface area contributed by atoms with Crippen LogP contribution in [0.1, 0.15) is 69.1 Å². The first kappa shape index (κ1) is 27.4. The second-order valence-electron chi connectivity index (χ2n) is 11.3. The molecule has 1 spiro atoms. The summed E-state index contributed by atoms with van der Waals surface area (Å²) in [6.45, 7) is 3.74. The van der Waals surface area contributed by atoms with Gasteiger partial charge in [-0.05, 0) is 35.4 Å². The van der Waals surface area contributed by atoms with Crippen LogP contribution in [0.5, 0.6) is 0 Å². The second kappa shape index (κ2) is 11.3. The molecule has 7 rings (SSSR count). The average Bonchev–Trinajstić information content (AvgIpc) is 3.60. The molecule has 0 saturated carbocycles. The van der Waals surface area contributed by atoms with Gasteiger partial charge in [-0.3, -0.25) is 9.59 Å². The fraction of sp³-hybridized carbons (Fsp3) is 0.394. The Balaban J connectivity index is 1.13. The highest BCUT2D eigenvalue weighted by atomic mass is 16.7. The van der Waals surface area contributed by atoms with E-state index in [4.69, 9.17) is 18.9 Å². The number of piperidine rings is 1. The van der Waals surface area contributed by atoms with E-state index in [-0.39, 0.29) is 30.6 Å². The molecule has 42 heavy (non-hydrogen) atoms. The van der Waals surface area contributed by atoms with Crippen molar-refractivity contribution in [3.8, 4) is 0 Å². The molecule has 0 radical (unpaired) electrons. The predicted octanol–water partition coefficient (Wildman–Crippen LogP) is 4.36. The topological polar surface area (TPSA) is 97.8 Å². The number of anilines is 1. The number of carbonyl (C=O) groups excluding carboxylic acids is 2. The van der Waals surface area contributed by atoms with Gasteiger partial charge in [-0.15, -0.1) is 0 Å². The normalized spacial score (nSPS) is 25.7. The van der Waals surface area contributed by atoms with E-state index in [0.717, 1.165) is 49.2 Å². The van der Waals surface area contributed by atoms with Crippen LogP contribution >= 0.6 is 0 Å². The zero-order chi connectivity index (χ0) is 28.7. The van der Waals surface area contributed by atoms with Gasteiger partial charge in [-0.1, -0.05) is 48.5 Å². The number of aliphatic hydroxyl groups excluding tert-OH is 1. The summed E-state index contributed by atoms with van der Waals surface area (Å²) in [5.74, 6) is -1.11. The Kier molecular flexibility index (Phi) is 7.39. The molecular weight excluding hydrogens is 536 g/mol. The third-order valence-corrected chi connectivity index (χ3v) is 8.70. The monoisotopic (exact) mass is 570 g/mol.